The standard InChI is InChI=1S/2C6H19NSi2.Mg.2H/c2*1-7(8(2)3)9(4,5)6;;;/h2*8H,1-6H3;;;. The fraction of sp³-hybridized carbons (Fsp3) is 1.00. The monoisotopic (exact) mass is 348 g/mol. The Balaban J connectivity index is -0.000000256. The van der Waals surface area contributed by atoms with Crippen LogP contribution in [0.5, 0.6) is 0 Å². The van der Waals surface area contributed by atoms with E-state index in [1.807, 2.05) is 0 Å². The topological polar surface area (TPSA) is 6.48 Å². The van der Waals surface area contributed by atoms with Gasteiger partial charge in [-0.3, -0.25) is 0 Å². The van der Waals surface area contributed by atoms with Crippen molar-refractivity contribution >= 4 is 57.4 Å². The van der Waals surface area contributed by atoms with E-state index in [4.69, 9.17) is 0 Å². The maximum atomic E-state index is 2.63. The van der Waals surface area contributed by atoms with Crippen molar-refractivity contribution in [1.82, 2.24) is 8.46 Å². The number of rotatable bonds is 4. The van der Waals surface area contributed by atoms with E-state index in [0.29, 0.717) is 0 Å². The van der Waals surface area contributed by atoms with Crippen LogP contribution in [0.3, 0.4) is 0 Å². The summed E-state index contributed by atoms with van der Waals surface area (Å²) < 4.78 is 5.26. The normalized spacial score (nSPS) is 12.6. The minimum Gasteiger partial charge on any atom is -0.351 e. The Kier molecular flexibility index (Phi) is 13.8. The second-order valence-corrected chi connectivity index (χ2v) is 24.8. The summed E-state index contributed by atoms with van der Waals surface area (Å²) >= 11 is 0. The summed E-state index contributed by atoms with van der Waals surface area (Å²) in [6, 6.07) is 0. The van der Waals surface area contributed by atoms with Crippen molar-refractivity contribution in [3.63, 3.8) is 0 Å². The molecule has 0 fully saturated rings. The Bertz CT molecular complexity index is 201. The number of hydrogen-bond donors (Lipinski definition) is 0. The average Bonchev–Trinajstić information content (AvgIpc) is 2.13. The second-order valence-electron chi connectivity index (χ2n) is 7.75. The molecule has 0 radical (unpaired) electrons. The van der Waals surface area contributed by atoms with Gasteiger partial charge in [0.1, 0.15) is 16.5 Å². The molecule has 19 heavy (non-hydrogen) atoms. The van der Waals surface area contributed by atoms with Gasteiger partial charge in [0.05, 0.1) is 17.9 Å². The van der Waals surface area contributed by atoms with Crippen molar-refractivity contribution in [2.45, 2.75) is 65.5 Å². The molecule has 0 N–H and O–H groups in total. The SMILES string of the molecule is CN([SiH](C)C)[Si](C)(C)C.CN([SiH](C)C)[Si](C)(C)C.[MgH2]. The minimum atomic E-state index is -0.929. The van der Waals surface area contributed by atoms with Crippen LogP contribution in [-0.2, 0) is 0 Å². The van der Waals surface area contributed by atoms with E-state index < -0.39 is 34.4 Å². The first kappa shape index (κ1) is 25.5. The molecular weight excluding hydrogens is 309 g/mol. The van der Waals surface area contributed by atoms with Gasteiger partial charge in [0, 0.05) is 0 Å². The van der Waals surface area contributed by atoms with E-state index in [1.165, 1.54) is 0 Å². The Labute approximate surface area is 145 Å². The highest BCUT2D eigenvalue weighted by Crippen LogP contribution is 2.08. The number of nitrogens with zero attached hydrogens (tertiary/aromatic N) is 2. The van der Waals surface area contributed by atoms with E-state index in [2.05, 4.69) is 88.0 Å². The Morgan fingerprint density at radius 2 is 0.737 bits per heavy atom. The van der Waals surface area contributed by atoms with E-state index in [-0.39, 0.29) is 23.1 Å². The first-order chi connectivity index (χ1) is 7.71. The molecule has 0 aromatic heterocycles. The zero-order valence-corrected chi connectivity index (χ0v) is 19.4. The zero-order valence-electron chi connectivity index (χ0n) is 15.0. The van der Waals surface area contributed by atoms with Crippen LogP contribution in [0.1, 0.15) is 0 Å². The first-order valence-corrected chi connectivity index (χ1v) is 19.7. The highest BCUT2D eigenvalue weighted by Gasteiger charge is 2.22. The molecule has 7 heteroatoms. The van der Waals surface area contributed by atoms with Gasteiger partial charge in [0.15, 0.2) is 0 Å². The third-order valence-electron chi connectivity index (χ3n) is 3.67. The van der Waals surface area contributed by atoms with Crippen molar-refractivity contribution in [1.29, 1.82) is 0 Å². The van der Waals surface area contributed by atoms with Crippen LogP contribution in [-0.4, -0.2) is 80.0 Å². The van der Waals surface area contributed by atoms with Gasteiger partial charge in [-0.15, -0.1) is 0 Å². The quantitative estimate of drug-likeness (QED) is 0.720. The van der Waals surface area contributed by atoms with Gasteiger partial charge in [0.2, 0.25) is 0 Å². The van der Waals surface area contributed by atoms with Crippen molar-refractivity contribution in [3.8, 4) is 0 Å². The first-order valence-electron chi connectivity index (χ1n) is 7.17. The lowest BCUT2D eigenvalue weighted by atomic mass is 11.6. The molecule has 0 aliphatic carbocycles. The summed E-state index contributed by atoms with van der Waals surface area (Å²) in [5.41, 5.74) is 0. The maximum Gasteiger partial charge on any atom is 0.316 e. The highest BCUT2D eigenvalue weighted by molar-refractivity contribution is 6.82. The van der Waals surface area contributed by atoms with Gasteiger partial charge < -0.3 is 8.46 Å². The third-order valence-corrected chi connectivity index (χ3v) is 18.7. The second kappa shape index (κ2) is 10.3. The number of hydrogen-bond acceptors (Lipinski definition) is 2. The highest BCUT2D eigenvalue weighted by atomic mass is 28.4. The van der Waals surface area contributed by atoms with E-state index in [1.54, 1.807) is 0 Å². The molecule has 0 saturated carbocycles. The summed E-state index contributed by atoms with van der Waals surface area (Å²) in [5, 5.41) is 0. The molecule has 0 saturated heterocycles. The van der Waals surface area contributed by atoms with Gasteiger partial charge in [-0.25, -0.2) is 0 Å². The van der Waals surface area contributed by atoms with Crippen LogP contribution < -0.4 is 0 Å². The van der Waals surface area contributed by atoms with Gasteiger partial charge in [-0.2, -0.15) is 0 Å². The zero-order chi connectivity index (χ0) is 15.3. The molecule has 116 valence electrons. The lowest BCUT2D eigenvalue weighted by molar-refractivity contribution is 0.783. The Hall–Kier alpha value is 1.55. The van der Waals surface area contributed by atoms with Crippen molar-refractivity contribution in [2.24, 2.45) is 0 Å². The largest absolute Gasteiger partial charge is 0.351 e. The molecule has 0 spiro atoms. The molecule has 0 heterocycles. The average molecular weight is 349 g/mol. The van der Waals surface area contributed by atoms with Crippen molar-refractivity contribution in [3.05, 3.63) is 0 Å². The molecule has 2 nitrogen and oxygen atoms in total. The van der Waals surface area contributed by atoms with Crippen LogP contribution in [0.2, 0.25) is 65.5 Å². The molecule has 0 bridgehead atoms. The Morgan fingerprint density at radius 3 is 0.737 bits per heavy atom. The van der Waals surface area contributed by atoms with Gasteiger partial charge >= 0.3 is 23.1 Å². The fourth-order valence-electron chi connectivity index (χ4n) is 1.55. The van der Waals surface area contributed by atoms with E-state index in [9.17, 15) is 0 Å². The Morgan fingerprint density at radius 1 is 0.579 bits per heavy atom. The van der Waals surface area contributed by atoms with E-state index >= 15 is 0 Å². The van der Waals surface area contributed by atoms with Crippen LogP contribution >= 0.6 is 0 Å². The van der Waals surface area contributed by atoms with Crippen molar-refractivity contribution in [2.75, 3.05) is 14.1 Å². The summed E-state index contributed by atoms with van der Waals surface area (Å²) in [7, 11) is 1.72. The van der Waals surface area contributed by atoms with Gasteiger partial charge in [-0.1, -0.05) is 65.5 Å². The summed E-state index contributed by atoms with van der Waals surface area (Å²) in [6.07, 6.45) is 0. The maximum absolute atomic E-state index is 2.63. The molecule has 0 rings (SSSR count). The van der Waals surface area contributed by atoms with E-state index in [0.717, 1.165) is 0 Å². The van der Waals surface area contributed by atoms with Crippen LogP contribution in [0.15, 0.2) is 0 Å². The molecule has 0 amide bonds. The van der Waals surface area contributed by atoms with Crippen LogP contribution in [0, 0.1) is 0 Å². The smallest absolute Gasteiger partial charge is 0.316 e. The molecule has 0 aromatic rings. The summed E-state index contributed by atoms with van der Waals surface area (Å²) in [5.74, 6) is 0. The van der Waals surface area contributed by atoms with Gasteiger partial charge in [-0.05, 0) is 14.1 Å². The summed E-state index contributed by atoms with van der Waals surface area (Å²) in [4.78, 5) is 0. The molecule has 0 atom stereocenters. The fourth-order valence-corrected chi connectivity index (χ4v) is 13.9. The van der Waals surface area contributed by atoms with Gasteiger partial charge in [0.25, 0.3) is 0 Å². The van der Waals surface area contributed by atoms with Crippen molar-refractivity contribution < 1.29 is 0 Å². The van der Waals surface area contributed by atoms with Crippen LogP contribution in [0.4, 0.5) is 0 Å². The molecule has 0 aliphatic rings. The molecule has 0 unspecified atom stereocenters. The molecule has 0 aliphatic heterocycles. The third kappa shape index (κ3) is 13.0. The predicted octanol–water partition coefficient (Wildman–Crippen LogP) is 2.56. The summed E-state index contributed by atoms with van der Waals surface area (Å²) in [6.45, 7) is 24.0. The molecular formula is C12H40MgN2Si4. The lowest BCUT2D eigenvalue weighted by Gasteiger charge is -2.33. The minimum absolute atomic E-state index is 0. The molecule has 0 aromatic carbocycles. The predicted molar refractivity (Wildman–Crippen MR) is 109 cm³/mol. The van der Waals surface area contributed by atoms with Crippen LogP contribution in [0.25, 0.3) is 0 Å². The lowest BCUT2D eigenvalue weighted by Crippen LogP contribution is -2.49.